The van der Waals surface area contributed by atoms with Crippen molar-refractivity contribution in [2.24, 2.45) is 0 Å². The zero-order valence-corrected chi connectivity index (χ0v) is 8.04. The van der Waals surface area contributed by atoms with Gasteiger partial charge in [0.2, 0.25) is 0 Å². The fourth-order valence-corrected chi connectivity index (χ4v) is 0.733. The number of esters is 1. The van der Waals surface area contributed by atoms with Crippen LogP contribution in [0.5, 0.6) is 0 Å². The van der Waals surface area contributed by atoms with Crippen molar-refractivity contribution >= 4 is 5.97 Å². The van der Waals surface area contributed by atoms with E-state index in [-0.39, 0.29) is 12.8 Å². The summed E-state index contributed by atoms with van der Waals surface area (Å²) in [5, 5.41) is 0. The van der Waals surface area contributed by atoms with Crippen LogP contribution in [0.4, 0.5) is 0 Å². The van der Waals surface area contributed by atoms with Gasteiger partial charge in [0.05, 0.1) is 6.61 Å². The minimum Gasteiger partial charge on any atom is -0.435 e. The second kappa shape index (κ2) is 7.55. The lowest BCUT2D eigenvalue weighted by molar-refractivity contribution is -0.150. The van der Waals surface area contributed by atoms with Gasteiger partial charge in [-0.3, -0.25) is 0 Å². The Morgan fingerprint density at radius 1 is 1.54 bits per heavy atom. The highest BCUT2D eigenvalue weighted by molar-refractivity contribution is 5.87. The van der Waals surface area contributed by atoms with Gasteiger partial charge in [-0.1, -0.05) is 26.0 Å². The highest BCUT2D eigenvalue weighted by Gasteiger charge is 2.06. The number of rotatable bonds is 7. The normalized spacial score (nSPS) is 9.31. The van der Waals surface area contributed by atoms with Crippen molar-refractivity contribution in [2.75, 3.05) is 13.4 Å². The van der Waals surface area contributed by atoms with Crippen molar-refractivity contribution in [3.63, 3.8) is 0 Å². The molecule has 0 unspecified atom stereocenters. The van der Waals surface area contributed by atoms with Crippen molar-refractivity contribution in [3.05, 3.63) is 24.8 Å². The van der Waals surface area contributed by atoms with Crippen molar-refractivity contribution in [3.8, 4) is 0 Å². The summed E-state index contributed by atoms with van der Waals surface area (Å²) < 4.78 is 9.63. The molecule has 0 aliphatic heterocycles. The predicted molar refractivity (Wildman–Crippen MR) is 51.2 cm³/mol. The minimum absolute atomic E-state index is 0.0341. The molecule has 0 rings (SSSR count). The molecule has 0 spiro atoms. The first kappa shape index (κ1) is 11.9. The van der Waals surface area contributed by atoms with Crippen molar-refractivity contribution < 1.29 is 14.3 Å². The summed E-state index contributed by atoms with van der Waals surface area (Å²) >= 11 is 0. The van der Waals surface area contributed by atoms with E-state index in [1.165, 1.54) is 0 Å². The molecule has 74 valence electrons. The Morgan fingerprint density at radius 2 is 2.23 bits per heavy atom. The van der Waals surface area contributed by atoms with Gasteiger partial charge in [-0.05, 0) is 6.42 Å². The third kappa shape index (κ3) is 6.11. The van der Waals surface area contributed by atoms with Crippen LogP contribution in [-0.2, 0) is 14.3 Å². The number of carbonyl (C=O) groups is 1. The quantitative estimate of drug-likeness (QED) is 0.200. The highest BCUT2D eigenvalue weighted by Crippen LogP contribution is 2.03. The van der Waals surface area contributed by atoms with Gasteiger partial charge in [-0.2, -0.15) is 0 Å². The third-order valence-corrected chi connectivity index (χ3v) is 1.35. The second-order valence-electron chi connectivity index (χ2n) is 2.56. The lowest BCUT2D eigenvalue weighted by Gasteiger charge is -2.05. The first-order valence-electron chi connectivity index (χ1n) is 4.25. The van der Waals surface area contributed by atoms with Crippen LogP contribution in [0, 0.1) is 0 Å². The average Bonchev–Trinajstić information content (AvgIpc) is 2.12. The first-order valence-corrected chi connectivity index (χ1v) is 4.25. The van der Waals surface area contributed by atoms with Gasteiger partial charge in [0.15, 0.2) is 6.79 Å². The summed E-state index contributed by atoms with van der Waals surface area (Å²) in [6.45, 7) is 9.38. The molecule has 0 atom stereocenters. The van der Waals surface area contributed by atoms with E-state index in [1.54, 1.807) is 6.08 Å². The average molecular weight is 184 g/mol. The van der Waals surface area contributed by atoms with E-state index < -0.39 is 0 Å². The first-order chi connectivity index (χ1) is 6.22. The van der Waals surface area contributed by atoms with Crippen LogP contribution in [0.15, 0.2) is 24.8 Å². The number of carbonyl (C=O) groups excluding carboxylic acids is 1. The third-order valence-electron chi connectivity index (χ3n) is 1.35. The summed E-state index contributed by atoms with van der Waals surface area (Å²) in [7, 11) is 0. The Morgan fingerprint density at radius 3 is 2.77 bits per heavy atom. The van der Waals surface area contributed by atoms with E-state index in [0.717, 1.165) is 6.42 Å². The van der Waals surface area contributed by atoms with Crippen molar-refractivity contribution in [2.45, 2.75) is 19.8 Å². The Hall–Kier alpha value is -1.09. The minimum atomic E-state index is -0.383. The van der Waals surface area contributed by atoms with Crippen LogP contribution in [0.3, 0.4) is 0 Å². The van der Waals surface area contributed by atoms with Crippen molar-refractivity contribution in [1.29, 1.82) is 0 Å². The zero-order valence-electron chi connectivity index (χ0n) is 8.04. The molecule has 0 saturated carbocycles. The maximum absolute atomic E-state index is 11.1. The smallest absolute Gasteiger partial charge is 0.335 e. The molecule has 3 heteroatoms. The van der Waals surface area contributed by atoms with Crippen LogP contribution < -0.4 is 0 Å². The molecule has 3 nitrogen and oxygen atoms in total. The lowest BCUT2D eigenvalue weighted by Crippen LogP contribution is -2.10. The van der Waals surface area contributed by atoms with E-state index in [9.17, 15) is 4.79 Å². The van der Waals surface area contributed by atoms with Crippen LogP contribution in [0.1, 0.15) is 19.8 Å². The molecule has 0 heterocycles. The van der Waals surface area contributed by atoms with Crippen LogP contribution >= 0.6 is 0 Å². The van der Waals surface area contributed by atoms with E-state index >= 15 is 0 Å². The van der Waals surface area contributed by atoms with Gasteiger partial charge in [0, 0.05) is 5.57 Å². The highest BCUT2D eigenvalue weighted by atomic mass is 16.7. The maximum Gasteiger partial charge on any atom is 0.335 e. The summed E-state index contributed by atoms with van der Waals surface area (Å²) in [6, 6.07) is 0. The van der Waals surface area contributed by atoms with Gasteiger partial charge in [-0.25, -0.2) is 4.79 Å². The maximum atomic E-state index is 11.1. The molecule has 0 bridgehead atoms. The van der Waals surface area contributed by atoms with Crippen LogP contribution in [0.25, 0.3) is 0 Å². The second-order valence-corrected chi connectivity index (χ2v) is 2.56. The molecule has 0 aliphatic carbocycles. The standard InChI is InChI=1S/C10H16O3/c1-4-6-9(3)10(11)13-8-12-7-5-2/h5H,2-4,6-8H2,1H3. The van der Waals surface area contributed by atoms with Gasteiger partial charge in [-0.15, -0.1) is 6.58 Å². The van der Waals surface area contributed by atoms with E-state index in [2.05, 4.69) is 13.2 Å². The molecule has 0 N–H and O–H groups in total. The Balaban J connectivity index is 3.50. The monoisotopic (exact) mass is 184 g/mol. The van der Waals surface area contributed by atoms with Crippen LogP contribution in [-0.4, -0.2) is 19.4 Å². The van der Waals surface area contributed by atoms with E-state index in [0.29, 0.717) is 18.6 Å². The van der Waals surface area contributed by atoms with Crippen molar-refractivity contribution in [1.82, 2.24) is 0 Å². The number of ether oxygens (including phenoxy) is 2. The summed E-state index contributed by atoms with van der Waals surface area (Å²) in [4.78, 5) is 11.1. The molecule has 0 radical (unpaired) electrons. The van der Waals surface area contributed by atoms with Gasteiger partial charge >= 0.3 is 5.97 Å². The Labute approximate surface area is 79.0 Å². The van der Waals surface area contributed by atoms with Crippen LogP contribution in [0.2, 0.25) is 0 Å². The molecule has 0 fully saturated rings. The van der Waals surface area contributed by atoms with Gasteiger partial charge in [0.1, 0.15) is 0 Å². The molecule has 0 amide bonds. The predicted octanol–water partition coefficient (Wildman–Crippen LogP) is 2.05. The topological polar surface area (TPSA) is 35.5 Å². The van der Waals surface area contributed by atoms with Gasteiger partial charge in [0.25, 0.3) is 0 Å². The fraction of sp³-hybridized carbons (Fsp3) is 0.500. The molecule has 0 aromatic heterocycles. The SMILES string of the molecule is C=CCOCOC(=O)C(=C)CCC. The fourth-order valence-electron chi connectivity index (χ4n) is 0.733. The Bertz CT molecular complexity index is 185. The van der Waals surface area contributed by atoms with E-state index in [4.69, 9.17) is 9.47 Å². The molecule has 13 heavy (non-hydrogen) atoms. The zero-order chi connectivity index (χ0) is 10.1. The molecule has 0 aromatic rings. The van der Waals surface area contributed by atoms with E-state index in [1.807, 2.05) is 6.92 Å². The molecular weight excluding hydrogens is 168 g/mol. The molecule has 0 aliphatic rings. The lowest BCUT2D eigenvalue weighted by atomic mass is 10.2. The molecular formula is C10H16O3. The largest absolute Gasteiger partial charge is 0.435 e. The number of hydrogen-bond acceptors (Lipinski definition) is 3. The van der Waals surface area contributed by atoms with Gasteiger partial charge < -0.3 is 9.47 Å². The molecule has 0 aromatic carbocycles. The summed E-state index contributed by atoms with van der Waals surface area (Å²) in [6.07, 6.45) is 3.15. The number of hydrogen-bond donors (Lipinski definition) is 0. The molecule has 0 saturated heterocycles. The summed E-state index contributed by atoms with van der Waals surface area (Å²) in [5.41, 5.74) is 0.490. The summed E-state index contributed by atoms with van der Waals surface area (Å²) in [5.74, 6) is -0.383. The Kier molecular flexibility index (Phi) is 6.92.